The maximum Gasteiger partial charge on any atom is 0.241 e. The van der Waals surface area contributed by atoms with E-state index in [9.17, 15) is 13.6 Å². The minimum atomic E-state index is -0.842. The van der Waals surface area contributed by atoms with Crippen molar-refractivity contribution in [2.24, 2.45) is 11.0 Å². The third-order valence-electron chi connectivity index (χ3n) is 5.12. The Bertz CT molecular complexity index is 965. The van der Waals surface area contributed by atoms with E-state index in [1.807, 2.05) is 24.3 Å². The molecular weight excluding hydrogens is 382 g/mol. The normalized spacial score (nSPS) is 23.4. The number of ether oxygens (including phenoxy) is 1. The summed E-state index contributed by atoms with van der Waals surface area (Å²) in [5.41, 5.74) is 0.891. The minimum Gasteiger partial charge on any atom is -0.493 e. The van der Waals surface area contributed by atoms with Crippen LogP contribution in [-0.2, 0) is 9.67 Å². The molecule has 0 unspecified atom stereocenters. The molecule has 2 aliphatic heterocycles. The first-order valence-electron chi connectivity index (χ1n) is 9.23. The molecule has 1 spiro atoms. The van der Waals surface area contributed by atoms with Crippen molar-refractivity contribution in [2.45, 2.75) is 31.6 Å². The number of hydrazone groups is 1. The molecule has 0 bridgehead atoms. The lowest BCUT2D eigenvalue weighted by atomic mass is 9.86. The highest BCUT2D eigenvalue weighted by Gasteiger charge is 2.56. The molecule has 146 valence electrons. The molecule has 2 atom stereocenters. The van der Waals surface area contributed by atoms with E-state index in [0.29, 0.717) is 17.4 Å². The van der Waals surface area contributed by atoms with Crippen LogP contribution in [0, 0.1) is 17.6 Å². The van der Waals surface area contributed by atoms with E-state index in [1.165, 1.54) is 23.7 Å². The van der Waals surface area contributed by atoms with Gasteiger partial charge in [0, 0.05) is 24.0 Å². The van der Waals surface area contributed by atoms with Gasteiger partial charge >= 0.3 is 0 Å². The van der Waals surface area contributed by atoms with Crippen LogP contribution in [0.2, 0.25) is 0 Å². The van der Waals surface area contributed by atoms with Crippen molar-refractivity contribution in [3.63, 3.8) is 0 Å². The van der Waals surface area contributed by atoms with Gasteiger partial charge in [-0.3, -0.25) is 4.79 Å². The molecule has 0 N–H and O–H groups in total. The fourth-order valence-electron chi connectivity index (χ4n) is 3.92. The second-order valence-electron chi connectivity index (χ2n) is 6.95. The predicted octanol–water partition coefficient (Wildman–Crippen LogP) is 4.88. The van der Waals surface area contributed by atoms with Crippen LogP contribution in [0.4, 0.5) is 8.78 Å². The predicted molar refractivity (Wildman–Crippen MR) is 105 cm³/mol. The van der Waals surface area contributed by atoms with Crippen LogP contribution in [0.1, 0.15) is 37.8 Å². The number of amides is 1. The van der Waals surface area contributed by atoms with E-state index in [0.717, 1.165) is 36.6 Å². The Morgan fingerprint density at radius 3 is 2.86 bits per heavy atom. The van der Waals surface area contributed by atoms with Crippen LogP contribution in [0.25, 0.3) is 0 Å². The Hall–Kier alpha value is -2.41. The van der Waals surface area contributed by atoms with E-state index >= 15 is 0 Å². The van der Waals surface area contributed by atoms with Gasteiger partial charge in [-0.2, -0.15) is 5.10 Å². The third kappa shape index (κ3) is 2.89. The molecule has 2 heterocycles. The van der Waals surface area contributed by atoms with Gasteiger partial charge in [0.2, 0.25) is 5.91 Å². The summed E-state index contributed by atoms with van der Waals surface area (Å²) in [5, 5.41) is 6.20. The number of carbonyl (C=O) groups is 1. The topological polar surface area (TPSA) is 41.9 Å². The van der Waals surface area contributed by atoms with Crippen molar-refractivity contribution < 1.29 is 18.3 Å². The van der Waals surface area contributed by atoms with Gasteiger partial charge in [0.15, 0.2) is 4.87 Å². The summed E-state index contributed by atoms with van der Waals surface area (Å²) in [7, 11) is 0. The highest BCUT2D eigenvalue weighted by molar-refractivity contribution is 8.15. The second kappa shape index (κ2) is 7.20. The van der Waals surface area contributed by atoms with Crippen LogP contribution in [-0.4, -0.2) is 22.6 Å². The summed E-state index contributed by atoms with van der Waals surface area (Å²) >= 11 is 1.31. The van der Waals surface area contributed by atoms with Crippen molar-refractivity contribution in [3.8, 4) is 5.75 Å². The molecule has 0 aromatic heterocycles. The molecule has 0 saturated heterocycles. The SMILES string of the molecule is CCC[C@@H]1COc2ccccc2[C@@]12SC(c1cc(F)ccc1F)=NN2C(C)=O. The molecule has 2 aromatic carbocycles. The zero-order chi connectivity index (χ0) is 19.9. The number of hydrogen-bond acceptors (Lipinski definition) is 4. The van der Waals surface area contributed by atoms with Gasteiger partial charge in [-0.15, -0.1) is 0 Å². The Morgan fingerprint density at radius 2 is 2.11 bits per heavy atom. The number of thioether (sulfide) groups is 1. The molecule has 0 aliphatic carbocycles. The van der Waals surface area contributed by atoms with Crippen molar-refractivity contribution in [1.82, 2.24) is 5.01 Å². The maximum atomic E-state index is 14.5. The smallest absolute Gasteiger partial charge is 0.241 e. The van der Waals surface area contributed by atoms with E-state index in [-0.39, 0.29) is 17.4 Å². The fraction of sp³-hybridized carbons (Fsp3) is 0.333. The number of rotatable bonds is 3. The lowest BCUT2D eigenvalue weighted by molar-refractivity contribution is -0.134. The summed E-state index contributed by atoms with van der Waals surface area (Å²) in [6, 6.07) is 10.8. The minimum absolute atomic E-state index is 0.0424. The van der Waals surface area contributed by atoms with Gasteiger partial charge in [0.1, 0.15) is 22.4 Å². The summed E-state index contributed by atoms with van der Waals surface area (Å²) in [6.07, 6.45) is 1.70. The number of hydrogen-bond donors (Lipinski definition) is 0. The highest BCUT2D eigenvalue weighted by Crippen LogP contribution is 2.57. The van der Waals surface area contributed by atoms with Gasteiger partial charge in [-0.1, -0.05) is 43.3 Å². The average molecular weight is 402 g/mol. The monoisotopic (exact) mass is 402 g/mol. The van der Waals surface area contributed by atoms with E-state index in [1.54, 1.807) is 0 Å². The van der Waals surface area contributed by atoms with E-state index in [2.05, 4.69) is 12.0 Å². The summed E-state index contributed by atoms with van der Waals surface area (Å²) < 4.78 is 34.2. The number of nitrogens with zero attached hydrogens (tertiary/aromatic N) is 2. The van der Waals surface area contributed by atoms with Gasteiger partial charge < -0.3 is 4.74 Å². The molecule has 0 saturated carbocycles. The van der Waals surface area contributed by atoms with Gasteiger partial charge in [0.25, 0.3) is 0 Å². The van der Waals surface area contributed by atoms with Gasteiger partial charge in [0.05, 0.1) is 6.61 Å². The van der Waals surface area contributed by atoms with Crippen molar-refractivity contribution >= 4 is 22.7 Å². The van der Waals surface area contributed by atoms with Crippen LogP contribution in [0.3, 0.4) is 0 Å². The van der Waals surface area contributed by atoms with E-state index < -0.39 is 16.5 Å². The van der Waals surface area contributed by atoms with Crippen molar-refractivity contribution in [2.75, 3.05) is 6.61 Å². The molecule has 0 fully saturated rings. The number of fused-ring (bicyclic) bond motifs is 2. The molecule has 4 rings (SSSR count). The molecule has 0 radical (unpaired) electrons. The first-order valence-corrected chi connectivity index (χ1v) is 10.0. The Kier molecular flexibility index (Phi) is 4.87. The zero-order valence-electron chi connectivity index (χ0n) is 15.6. The lowest BCUT2D eigenvalue weighted by Gasteiger charge is -2.45. The van der Waals surface area contributed by atoms with Crippen molar-refractivity contribution in [1.29, 1.82) is 0 Å². The maximum absolute atomic E-state index is 14.5. The third-order valence-corrected chi connectivity index (χ3v) is 6.65. The molecule has 2 aliphatic rings. The Morgan fingerprint density at radius 1 is 1.32 bits per heavy atom. The number of carbonyl (C=O) groups excluding carboxylic acids is 1. The largest absolute Gasteiger partial charge is 0.493 e. The Balaban J connectivity index is 1.89. The number of benzene rings is 2. The average Bonchev–Trinajstić information content (AvgIpc) is 3.08. The van der Waals surface area contributed by atoms with Crippen LogP contribution >= 0.6 is 11.8 Å². The molecule has 4 nitrogen and oxygen atoms in total. The van der Waals surface area contributed by atoms with Crippen LogP contribution in [0.15, 0.2) is 47.6 Å². The molecular formula is C21H20F2N2O2S. The second-order valence-corrected chi connectivity index (χ2v) is 8.16. The standard InChI is InChI=1S/C21H20F2N2O2S/c1-3-6-14-12-27-19-8-5-4-7-17(19)21(14)25(13(2)26)24-20(28-21)16-11-15(22)9-10-18(16)23/h4-5,7-11,14H,3,6,12H2,1-2H3/t14-,21+/m1/s1. The lowest BCUT2D eigenvalue weighted by Crippen LogP contribution is -2.50. The zero-order valence-corrected chi connectivity index (χ0v) is 16.4. The molecule has 28 heavy (non-hydrogen) atoms. The fourth-order valence-corrected chi connectivity index (χ4v) is 5.49. The van der Waals surface area contributed by atoms with Crippen molar-refractivity contribution in [3.05, 3.63) is 65.2 Å². The molecule has 1 amide bonds. The van der Waals surface area contributed by atoms with Gasteiger partial charge in [-0.05, 0) is 30.7 Å². The van der Waals surface area contributed by atoms with E-state index in [4.69, 9.17) is 4.74 Å². The first-order chi connectivity index (χ1) is 13.5. The summed E-state index contributed by atoms with van der Waals surface area (Å²) in [5.74, 6) is -0.728. The Labute approximate surface area is 166 Å². The molecule has 7 heteroatoms. The first kappa shape index (κ1) is 18.9. The van der Waals surface area contributed by atoms with Gasteiger partial charge in [-0.25, -0.2) is 13.8 Å². The summed E-state index contributed by atoms with van der Waals surface area (Å²) in [4.78, 5) is 11.8. The number of para-hydroxylation sites is 1. The quantitative estimate of drug-likeness (QED) is 0.735. The summed E-state index contributed by atoms with van der Waals surface area (Å²) in [6.45, 7) is 3.94. The molecule has 2 aromatic rings. The highest BCUT2D eigenvalue weighted by atomic mass is 32.2. The van der Waals surface area contributed by atoms with Crippen LogP contribution in [0.5, 0.6) is 5.75 Å². The van der Waals surface area contributed by atoms with Crippen LogP contribution < -0.4 is 4.74 Å². The number of halogens is 2.